The lowest BCUT2D eigenvalue weighted by atomic mass is 9.96. The molecule has 0 saturated carbocycles. The molecule has 1 saturated heterocycles. The molecule has 0 bridgehead atoms. The summed E-state index contributed by atoms with van der Waals surface area (Å²) < 4.78 is 141. The third-order valence-electron chi connectivity index (χ3n) is 3.45. The Morgan fingerprint density at radius 2 is 1.19 bits per heavy atom. The lowest BCUT2D eigenvalue weighted by Gasteiger charge is -2.32. The van der Waals surface area contributed by atoms with Gasteiger partial charge in [-0.05, 0) is 31.5 Å². The maximum Gasteiger partial charge on any atom is 0.459 e. The number of likely N-dealkylation sites (tertiary alicyclic amines) is 1. The van der Waals surface area contributed by atoms with Gasteiger partial charge in [-0.1, -0.05) is 0 Å². The van der Waals surface area contributed by atoms with Crippen LogP contribution in [-0.2, 0) is 0 Å². The molecule has 0 radical (unpaired) electrons. The molecule has 0 unspecified atom stereocenters. The first-order valence-corrected chi connectivity index (χ1v) is 7.36. The molecule has 1 fully saturated rings. The number of hydrogen-bond acceptors (Lipinski definition) is 1. The largest absolute Gasteiger partial charge is 0.459 e. The first-order chi connectivity index (χ1) is 11.5. The summed E-state index contributed by atoms with van der Waals surface area (Å²) in [6, 6.07) is 0. The van der Waals surface area contributed by atoms with Crippen LogP contribution in [0.3, 0.4) is 0 Å². The molecule has 1 aliphatic heterocycles. The number of nitrogens with zero attached hydrogens (tertiary/aromatic N) is 2. The summed E-state index contributed by atoms with van der Waals surface area (Å²) in [7, 11) is 0. The highest BCUT2D eigenvalue weighted by Crippen LogP contribution is 2.47. The quantitative estimate of drug-likeness (QED) is 0.347. The molecule has 0 aromatic heterocycles. The Bertz CT molecular complexity index is 527. The van der Waals surface area contributed by atoms with Crippen LogP contribution in [0.1, 0.15) is 19.3 Å². The maximum atomic E-state index is 13.5. The first kappa shape index (κ1) is 22.8. The fourth-order valence-electron chi connectivity index (χ4n) is 2.22. The second-order valence-corrected chi connectivity index (χ2v) is 5.78. The second kappa shape index (κ2) is 7.43. The van der Waals surface area contributed by atoms with E-state index in [9.17, 15) is 48.3 Å². The Balaban J connectivity index is 3.51. The number of piperidine rings is 1. The summed E-state index contributed by atoms with van der Waals surface area (Å²) in [5, 5.41) is -1.18. The monoisotopic (exact) mass is 424 g/mol. The molecular formula is C12H11F11N2S. The molecule has 0 atom stereocenters. The molecule has 0 amide bonds. The lowest BCUT2D eigenvalue weighted by Crippen LogP contribution is -2.55. The van der Waals surface area contributed by atoms with Crippen molar-refractivity contribution in [2.24, 2.45) is 10.9 Å². The molecule has 152 valence electrons. The Morgan fingerprint density at radius 1 is 0.769 bits per heavy atom. The third kappa shape index (κ3) is 5.16. The van der Waals surface area contributed by atoms with Crippen LogP contribution in [0.15, 0.2) is 4.99 Å². The van der Waals surface area contributed by atoms with Crippen molar-refractivity contribution < 1.29 is 48.3 Å². The molecule has 2 nitrogen and oxygen atoms in total. The highest BCUT2D eigenvalue weighted by atomic mass is 32.1. The fourth-order valence-corrected chi connectivity index (χ4v) is 2.50. The molecule has 26 heavy (non-hydrogen) atoms. The van der Waals surface area contributed by atoms with E-state index in [1.165, 1.54) is 0 Å². The summed E-state index contributed by atoms with van der Waals surface area (Å²) in [6.07, 6.45) is -18.3. The molecule has 14 heteroatoms. The topological polar surface area (TPSA) is 15.6 Å². The van der Waals surface area contributed by atoms with Crippen LogP contribution in [-0.4, -0.2) is 53.3 Å². The minimum Gasteiger partial charge on any atom is -0.347 e. The van der Waals surface area contributed by atoms with Gasteiger partial charge < -0.3 is 4.90 Å². The molecular weight excluding hydrogens is 413 g/mol. The summed E-state index contributed by atoms with van der Waals surface area (Å²) in [6.45, 7) is -0.0637. The number of hydrogen-bond donors (Lipinski definition) is 0. The molecule has 0 spiro atoms. The van der Waals surface area contributed by atoms with E-state index < -0.39 is 41.2 Å². The molecule has 0 aromatic rings. The normalized spacial score (nSPS) is 18.5. The van der Waals surface area contributed by atoms with Gasteiger partial charge in [-0.3, -0.25) is 0 Å². The van der Waals surface area contributed by atoms with Crippen LogP contribution in [0, 0.1) is 5.92 Å². The van der Waals surface area contributed by atoms with Crippen molar-refractivity contribution in [3.05, 3.63) is 0 Å². The van der Waals surface area contributed by atoms with Crippen LogP contribution in [0.2, 0.25) is 0 Å². The van der Waals surface area contributed by atoms with Crippen molar-refractivity contribution in [2.45, 2.75) is 43.7 Å². The van der Waals surface area contributed by atoms with Crippen molar-refractivity contribution in [1.82, 2.24) is 4.90 Å². The minimum atomic E-state index is -6.72. The predicted molar refractivity (Wildman–Crippen MR) is 72.1 cm³/mol. The average Bonchev–Trinajstić information content (AvgIpc) is 2.43. The number of thiocarbonyl (C=S) groups is 1. The number of rotatable bonds is 2. The van der Waals surface area contributed by atoms with Gasteiger partial charge in [0.1, 0.15) is 5.71 Å². The van der Waals surface area contributed by atoms with Crippen LogP contribution >= 0.6 is 12.2 Å². The number of aliphatic imine (C=N–C) groups is 1. The van der Waals surface area contributed by atoms with Gasteiger partial charge in [0.25, 0.3) is 0 Å². The Morgan fingerprint density at radius 3 is 1.54 bits per heavy atom. The highest BCUT2D eigenvalue weighted by molar-refractivity contribution is 7.80. The highest BCUT2D eigenvalue weighted by Gasteiger charge is 2.71. The van der Waals surface area contributed by atoms with E-state index >= 15 is 0 Å². The van der Waals surface area contributed by atoms with Crippen LogP contribution in [0.25, 0.3) is 0 Å². The first-order valence-electron chi connectivity index (χ1n) is 6.95. The van der Waals surface area contributed by atoms with E-state index in [0.29, 0.717) is 19.3 Å². The van der Waals surface area contributed by atoms with Crippen molar-refractivity contribution in [1.29, 1.82) is 0 Å². The van der Waals surface area contributed by atoms with Crippen molar-refractivity contribution in [2.75, 3.05) is 13.1 Å². The zero-order valence-corrected chi connectivity index (χ0v) is 13.4. The summed E-state index contributed by atoms with van der Waals surface area (Å²) in [4.78, 5) is 3.22. The predicted octanol–water partition coefficient (Wildman–Crippen LogP) is 5.14. The number of halogens is 11. The van der Waals surface area contributed by atoms with Crippen LogP contribution in [0.5, 0.6) is 0 Å². The molecule has 1 rings (SSSR count). The zero-order valence-electron chi connectivity index (χ0n) is 12.6. The molecule has 0 aromatic carbocycles. The Hall–Kier alpha value is -1.21. The van der Waals surface area contributed by atoms with Crippen LogP contribution < -0.4 is 0 Å². The third-order valence-corrected chi connectivity index (χ3v) is 3.80. The van der Waals surface area contributed by atoms with Gasteiger partial charge in [0.2, 0.25) is 0 Å². The van der Waals surface area contributed by atoms with Gasteiger partial charge in [-0.2, -0.15) is 48.3 Å². The molecule has 1 aliphatic rings. The Kier molecular flexibility index (Phi) is 6.52. The van der Waals surface area contributed by atoms with E-state index in [2.05, 4.69) is 17.2 Å². The van der Waals surface area contributed by atoms with Crippen molar-refractivity contribution in [3.63, 3.8) is 0 Å². The Labute approximate surface area is 145 Å². The SMILES string of the molecule is FC(F)(F)C(/C(=N\C(=S)N1CCCCC1)C(F)(F)C(F)(F)F)C(F)(F)F. The smallest absolute Gasteiger partial charge is 0.347 e. The summed E-state index contributed by atoms with van der Waals surface area (Å²) >= 11 is 4.41. The summed E-state index contributed by atoms with van der Waals surface area (Å²) in [5.74, 6) is -11.6. The van der Waals surface area contributed by atoms with Gasteiger partial charge in [-0.15, -0.1) is 0 Å². The minimum absolute atomic E-state index is 0.0318. The molecule has 0 aliphatic carbocycles. The molecule has 0 N–H and O–H groups in total. The van der Waals surface area contributed by atoms with Crippen molar-refractivity contribution in [3.8, 4) is 0 Å². The van der Waals surface area contributed by atoms with E-state index in [0.717, 1.165) is 4.90 Å². The lowest BCUT2D eigenvalue weighted by molar-refractivity contribution is -0.280. The van der Waals surface area contributed by atoms with Gasteiger partial charge >= 0.3 is 24.5 Å². The van der Waals surface area contributed by atoms with Gasteiger partial charge in [0.05, 0.1) is 0 Å². The van der Waals surface area contributed by atoms with E-state index in [4.69, 9.17) is 0 Å². The average molecular weight is 424 g/mol. The zero-order chi connectivity index (χ0) is 20.6. The summed E-state index contributed by atoms with van der Waals surface area (Å²) in [5.41, 5.74) is -3.43. The molecule has 1 heterocycles. The van der Waals surface area contributed by atoms with E-state index in [1.807, 2.05) is 0 Å². The van der Waals surface area contributed by atoms with Gasteiger partial charge in [0, 0.05) is 13.1 Å². The standard InChI is InChI=1S/C12H11F11N2S/c13-9(14,12(21,22)23)7(6(10(15,16)17)11(18,19)20)24-8(26)25-4-2-1-3-5-25/h6H,1-5H2/b24-7+. The van der Waals surface area contributed by atoms with E-state index in [1.54, 1.807) is 0 Å². The van der Waals surface area contributed by atoms with Gasteiger partial charge in [0.15, 0.2) is 11.0 Å². The fraction of sp³-hybridized carbons (Fsp3) is 0.833. The number of alkyl halides is 11. The van der Waals surface area contributed by atoms with Crippen molar-refractivity contribution >= 4 is 23.0 Å². The van der Waals surface area contributed by atoms with Crippen LogP contribution in [0.4, 0.5) is 48.3 Å². The second-order valence-electron chi connectivity index (χ2n) is 5.42. The van der Waals surface area contributed by atoms with Gasteiger partial charge in [-0.25, -0.2) is 4.99 Å². The van der Waals surface area contributed by atoms with E-state index in [-0.39, 0.29) is 13.1 Å². The maximum absolute atomic E-state index is 13.5.